The van der Waals surface area contributed by atoms with Crippen LogP contribution in [-0.2, 0) is 0 Å². The number of hydrogen-bond donors (Lipinski definition) is 0. The highest BCUT2D eigenvalue weighted by Gasteiger charge is 2.20. The number of rotatable bonds is 3. The van der Waals surface area contributed by atoms with Gasteiger partial charge in [0.05, 0.1) is 0 Å². The second-order valence-corrected chi connectivity index (χ2v) is 14.0. The minimum absolute atomic E-state index is 1.24. The topological polar surface area (TPSA) is 0 Å². The van der Waals surface area contributed by atoms with Crippen LogP contribution in [0.1, 0.15) is 0 Å². The second-order valence-electron chi connectivity index (χ2n) is 14.0. The average Bonchev–Trinajstić information content (AvgIpc) is 3.22. The van der Waals surface area contributed by atoms with E-state index in [1.165, 1.54) is 109 Å². The van der Waals surface area contributed by atoms with Crippen LogP contribution in [0.5, 0.6) is 0 Å². The molecule has 0 aromatic heterocycles. The molecule has 52 heavy (non-hydrogen) atoms. The SMILES string of the molecule is c1ccc(-c2cc3ccc(-c4c5ccccc5c(-c5cc6ccc7ccccc7c6c6ccccc56)c5ccccc45)cc3c3ccccc23)cc1. The quantitative estimate of drug-likeness (QED) is 0.131. The predicted molar refractivity (Wildman–Crippen MR) is 225 cm³/mol. The van der Waals surface area contributed by atoms with E-state index in [2.05, 4.69) is 194 Å². The van der Waals surface area contributed by atoms with E-state index in [0.29, 0.717) is 0 Å². The number of benzene rings is 11. The van der Waals surface area contributed by atoms with Crippen LogP contribution in [-0.4, -0.2) is 0 Å². The summed E-state index contributed by atoms with van der Waals surface area (Å²) in [5.74, 6) is 0. The molecule has 11 aromatic carbocycles. The summed E-state index contributed by atoms with van der Waals surface area (Å²) in [6.45, 7) is 0. The van der Waals surface area contributed by atoms with Gasteiger partial charge in [-0.3, -0.25) is 0 Å². The lowest BCUT2D eigenvalue weighted by atomic mass is 9.83. The molecule has 11 rings (SSSR count). The van der Waals surface area contributed by atoms with Gasteiger partial charge in [0.1, 0.15) is 0 Å². The summed E-state index contributed by atoms with van der Waals surface area (Å²) in [5.41, 5.74) is 7.59. The van der Waals surface area contributed by atoms with E-state index in [-0.39, 0.29) is 0 Å². The number of hydrogen-bond acceptors (Lipinski definition) is 0. The second kappa shape index (κ2) is 11.4. The van der Waals surface area contributed by atoms with Crippen molar-refractivity contribution in [2.45, 2.75) is 0 Å². The maximum absolute atomic E-state index is 2.43. The first-order valence-electron chi connectivity index (χ1n) is 18.1. The maximum atomic E-state index is 2.43. The Bertz CT molecular complexity index is 3170. The Morgan fingerprint density at radius 1 is 0.212 bits per heavy atom. The summed E-state index contributed by atoms with van der Waals surface area (Å²) in [6, 6.07) is 71.9. The van der Waals surface area contributed by atoms with Gasteiger partial charge in [-0.25, -0.2) is 0 Å². The van der Waals surface area contributed by atoms with Crippen LogP contribution >= 0.6 is 0 Å². The lowest BCUT2D eigenvalue weighted by molar-refractivity contribution is 1.66. The van der Waals surface area contributed by atoms with Crippen molar-refractivity contribution in [3.63, 3.8) is 0 Å². The van der Waals surface area contributed by atoms with E-state index in [0.717, 1.165) is 0 Å². The molecule has 0 heterocycles. The lowest BCUT2D eigenvalue weighted by Crippen LogP contribution is -1.93. The van der Waals surface area contributed by atoms with E-state index in [9.17, 15) is 0 Å². The molecule has 11 aromatic rings. The van der Waals surface area contributed by atoms with Crippen molar-refractivity contribution in [3.8, 4) is 33.4 Å². The van der Waals surface area contributed by atoms with E-state index >= 15 is 0 Å². The van der Waals surface area contributed by atoms with Crippen LogP contribution in [0.25, 0.3) is 109 Å². The van der Waals surface area contributed by atoms with Gasteiger partial charge in [-0.05, 0) is 127 Å². The maximum Gasteiger partial charge on any atom is -0.00199 e. The first-order valence-corrected chi connectivity index (χ1v) is 18.1. The van der Waals surface area contributed by atoms with Crippen molar-refractivity contribution >= 4 is 75.4 Å². The molecular weight excluding hydrogens is 625 g/mol. The van der Waals surface area contributed by atoms with Crippen LogP contribution in [0.4, 0.5) is 0 Å². The molecule has 0 atom stereocenters. The van der Waals surface area contributed by atoms with Crippen LogP contribution in [0.2, 0.25) is 0 Å². The van der Waals surface area contributed by atoms with Gasteiger partial charge >= 0.3 is 0 Å². The summed E-state index contributed by atoms with van der Waals surface area (Å²) in [6.07, 6.45) is 0. The Morgan fingerprint density at radius 2 is 0.692 bits per heavy atom. The largest absolute Gasteiger partial charge is 0.0622 e. The third kappa shape index (κ3) is 4.28. The highest BCUT2D eigenvalue weighted by molar-refractivity contribution is 6.29. The molecule has 0 aliphatic rings. The Kier molecular flexibility index (Phi) is 6.35. The zero-order valence-corrected chi connectivity index (χ0v) is 28.5. The van der Waals surface area contributed by atoms with Crippen molar-refractivity contribution in [2.75, 3.05) is 0 Å². The van der Waals surface area contributed by atoms with E-state index < -0.39 is 0 Å². The van der Waals surface area contributed by atoms with Gasteiger partial charge < -0.3 is 0 Å². The molecule has 0 saturated carbocycles. The summed E-state index contributed by atoms with van der Waals surface area (Å²) < 4.78 is 0. The molecule has 0 amide bonds. The van der Waals surface area contributed by atoms with Crippen LogP contribution in [0.15, 0.2) is 194 Å². The molecule has 0 nitrogen and oxygen atoms in total. The van der Waals surface area contributed by atoms with Gasteiger partial charge in [-0.1, -0.05) is 176 Å². The van der Waals surface area contributed by atoms with Crippen LogP contribution in [0.3, 0.4) is 0 Å². The molecule has 0 bridgehead atoms. The molecule has 0 radical (unpaired) electrons. The van der Waals surface area contributed by atoms with E-state index in [1.807, 2.05) is 0 Å². The highest BCUT2D eigenvalue weighted by Crippen LogP contribution is 2.48. The Morgan fingerprint density at radius 3 is 1.38 bits per heavy atom. The Labute approximate surface area is 301 Å². The third-order valence-corrected chi connectivity index (χ3v) is 11.2. The third-order valence-electron chi connectivity index (χ3n) is 11.2. The first-order chi connectivity index (χ1) is 25.8. The van der Waals surface area contributed by atoms with Gasteiger partial charge in [0.25, 0.3) is 0 Å². The van der Waals surface area contributed by atoms with Gasteiger partial charge in [0.2, 0.25) is 0 Å². The molecule has 0 aliphatic carbocycles. The molecule has 240 valence electrons. The van der Waals surface area contributed by atoms with E-state index in [1.54, 1.807) is 0 Å². The van der Waals surface area contributed by atoms with Crippen molar-refractivity contribution in [1.29, 1.82) is 0 Å². The first kappa shape index (κ1) is 29.0. The minimum atomic E-state index is 1.24. The molecule has 0 aliphatic heterocycles. The summed E-state index contributed by atoms with van der Waals surface area (Å²) in [5, 5.41) is 17.9. The molecule has 0 saturated heterocycles. The summed E-state index contributed by atoms with van der Waals surface area (Å²) in [4.78, 5) is 0. The monoisotopic (exact) mass is 656 g/mol. The fraction of sp³-hybridized carbons (Fsp3) is 0. The minimum Gasteiger partial charge on any atom is -0.0622 e. The molecular formula is C52H32. The molecule has 0 N–H and O–H groups in total. The van der Waals surface area contributed by atoms with Crippen molar-refractivity contribution < 1.29 is 0 Å². The normalized spacial score (nSPS) is 11.8. The van der Waals surface area contributed by atoms with Gasteiger partial charge in [-0.2, -0.15) is 0 Å². The molecule has 0 unspecified atom stereocenters. The molecule has 0 spiro atoms. The lowest BCUT2D eigenvalue weighted by Gasteiger charge is -2.20. The van der Waals surface area contributed by atoms with Gasteiger partial charge in [0, 0.05) is 0 Å². The van der Waals surface area contributed by atoms with Crippen molar-refractivity contribution in [2.24, 2.45) is 0 Å². The smallest absolute Gasteiger partial charge is 0.00199 e. The zero-order valence-electron chi connectivity index (χ0n) is 28.5. The van der Waals surface area contributed by atoms with Crippen molar-refractivity contribution in [1.82, 2.24) is 0 Å². The van der Waals surface area contributed by atoms with Gasteiger partial charge in [0.15, 0.2) is 0 Å². The van der Waals surface area contributed by atoms with Crippen molar-refractivity contribution in [3.05, 3.63) is 194 Å². The fourth-order valence-electron chi connectivity index (χ4n) is 8.93. The summed E-state index contributed by atoms with van der Waals surface area (Å²) >= 11 is 0. The van der Waals surface area contributed by atoms with E-state index in [4.69, 9.17) is 0 Å². The number of fused-ring (bicyclic) bond motifs is 10. The highest BCUT2D eigenvalue weighted by atomic mass is 14.2. The molecule has 0 fully saturated rings. The predicted octanol–water partition coefficient (Wildman–Crippen LogP) is 14.8. The summed E-state index contributed by atoms with van der Waals surface area (Å²) in [7, 11) is 0. The standard InChI is InChI=1S/C52H32/c1-2-14-33(15-3-1)47-30-35-27-29-36(31-48(35)40-19-7-6-18-39(40)47)51-43-22-10-12-24-45(43)52(46-25-13-11-23-44(46)51)49-32-37-28-26-34-16-4-5-17-38(34)50(37)42-21-9-8-20-41(42)49/h1-32H. The average molecular weight is 657 g/mol. The Balaban J connectivity index is 1.22. The van der Waals surface area contributed by atoms with Crippen LogP contribution < -0.4 is 0 Å². The van der Waals surface area contributed by atoms with Crippen LogP contribution in [0, 0.1) is 0 Å². The molecule has 0 heteroatoms. The zero-order chi connectivity index (χ0) is 34.2. The van der Waals surface area contributed by atoms with Gasteiger partial charge in [-0.15, -0.1) is 0 Å². The Hall–Kier alpha value is -6.76. The fourth-order valence-corrected chi connectivity index (χ4v) is 8.93.